The minimum Gasteiger partial charge on any atom is -0.310 e. The molecule has 2 heterocycles. The van der Waals surface area contributed by atoms with Crippen LogP contribution in [-0.2, 0) is 32.5 Å². The monoisotopic (exact) mass is 1310 g/mol. The van der Waals surface area contributed by atoms with Crippen LogP contribution in [0.1, 0.15) is 229 Å². The van der Waals surface area contributed by atoms with Crippen molar-refractivity contribution in [2.45, 2.75) is 195 Å². The van der Waals surface area contributed by atoms with Gasteiger partial charge in [-0.05, 0) is 200 Å². The van der Waals surface area contributed by atoms with Gasteiger partial charge < -0.3 is 9.80 Å². The van der Waals surface area contributed by atoms with Gasteiger partial charge in [-0.25, -0.2) is 0 Å². The molecule has 1 fully saturated rings. The minimum absolute atomic E-state index is 0.0719. The van der Waals surface area contributed by atoms with E-state index >= 15 is 0 Å². The fourth-order valence-electron chi connectivity index (χ4n) is 14.8. The maximum absolute atomic E-state index is 10.2. The van der Waals surface area contributed by atoms with Crippen LogP contribution < -0.4 is 26.2 Å². The predicted molar refractivity (Wildman–Crippen MR) is 431 cm³/mol. The van der Waals surface area contributed by atoms with Crippen LogP contribution in [0.4, 0.5) is 34.1 Å². The summed E-state index contributed by atoms with van der Waals surface area (Å²) in [6.07, 6.45) is 4.04. The van der Waals surface area contributed by atoms with Crippen LogP contribution in [0.15, 0.2) is 230 Å². The average Bonchev–Trinajstić information content (AvgIpc) is 0.681. The first kappa shape index (κ1) is 47.2. The maximum Gasteiger partial charge on any atom is 0.252 e. The molecule has 11 aromatic carbocycles. The summed E-state index contributed by atoms with van der Waals surface area (Å²) >= 11 is 0. The number of fused-ring (bicyclic) bond motifs is 4. The third-order valence-corrected chi connectivity index (χ3v) is 20.6. The fraction of sp³-hybridized carbons (Fsp3) is 0.312. The lowest BCUT2D eigenvalue weighted by molar-refractivity contribution is 0.444. The molecule has 99 heavy (non-hydrogen) atoms. The molecule has 0 N–H and O–H groups in total. The van der Waals surface area contributed by atoms with Gasteiger partial charge in [-0.2, -0.15) is 0 Å². The van der Waals surface area contributed by atoms with E-state index in [2.05, 4.69) is 156 Å². The lowest BCUT2D eigenvalue weighted by atomic mass is 9.33. The molecular formula is C96H103BN2. The van der Waals surface area contributed by atoms with Crippen LogP contribution in [0.2, 0.25) is 0 Å². The molecular weight excluding hydrogens is 1190 g/mol. The first-order valence-corrected chi connectivity index (χ1v) is 35.2. The summed E-state index contributed by atoms with van der Waals surface area (Å²) in [6, 6.07) is 25.2. The minimum atomic E-state index is -0.886. The smallest absolute Gasteiger partial charge is 0.252 e. The molecule has 0 spiro atoms. The summed E-state index contributed by atoms with van der Waals surface area (Å²) in [5.74, 6) is -0.187. The third-order valence-electron chi connectivity index (χ3n) is 20.6. The highest BCUT2D eigenvalue weighted by atomic mass is 15.2. The maximum atomic E-state index is 10.2. The van der Waals surface area contributed by atoms with Crippen LogP contribution in [0, 0.1) is 0 Å². The number of hydrogen-bond acceptors (Lipinski definition) is 2. The molecule has 14 rings (SSSR count). The number of anilines is 6. The third kappa shape index (κ3) is 12.9. The summed E-state index contributed by atoms with van der Waals surface area (Å²) in [4.78, 5) is 3.99. The van der Waals surface area contributed by atoms with E-state index in [0.29, 0.717) is 63.1 Å². The molecule has 0 aromatic heterocycles. The van der Waals surface area contributed by atoms with Crippen molar-refractivity contribution in [2.24, 2.45) is 0 Å². The van der Waals surface area contributed by atoms with Crippen molar-refractivity contribution < 1.29 is 27.4 Å². The summed E-state index contributed by atoms with van der Waals surface area (Å²) in [6.45, 7) is 37.0. The molecule has 500 valence electrons. The molecule has 2 nitrogen and oxygen atoms in total. The van der Waals surface area contributed by atoms with Crippen LogP contribution >= 0.6 is 0 Å². The second-order valence-electron chi connectivity index (χ2n) is 33.9. The number of rotatable bonds is 9. The van der Waals surface area contributed by atoms with Crippen LogP contribution in [-0.4, -0.2) is 6.71 Å². The molecule has 1 saturated carbocycles. The van der Waals surface area contributed by atoms with Crippen molar-refractivity contribution in [3.8, 4) is 66.8 Å². The zero-order valence-electron chi connectivity index (χ0n) is 81.0. The van der Waals surface area contributed by atoms with Crippen LogP contribution in [0.25, 0.3) is 66.8 Å². The van der Waals surface area contributed by atoms with Crippen molar-refractivity contribution in [1.82, 2.24) is 0 Å². The van der Waals surface area contributed by atoms with E-state index in [1.54, 1.807) is 24.3 Å². The van der Waals surface area contributed by atoms with E-state index in [-0.39, 0.29) is 83.5 Å². The van der Waals surface area contributed by atoms with Crippen molar-refractivity contribution in [3.63, 3.8) is 0 Å². The lowest BCUT2D eigenvalue weighted by Gasteiger charge is -2.46. The number of benzene rings is 11. The Morgan fingerprint density at radius 3 is 0.859 bits per heavy atom. The van der Waals surface area contributed by atoms with Gasteiger partial charge in [0.1, 0.15) is 0 Å². The highest BCUT2D eigenvalue weighted by molar-refractivity contribution is 7.00. The quantitative estimate of drug-likeness (QED) is 0.133. The summed E-state index contributed by atoms with van der Waals surface area (Å²) in [7, 11) is 0. The number of hydrogen-bond donors (Lipinski definition) is 0. The van der Waals surface area contributed by atoms with Gasteiger partial charge in [0.15, 0.2) is 0 Å². The molecule has 11 aromatic rings. The van der Waals surface area contributed by atoms with Crippen molar-refractivity contribution in [1.29, 1.82) is 0 Å². The Morgan fingerprint density at radius 1 is 0.293 bits per heavy atom. The molecule has 0 bridgehead atoms. The van der Waals surface area contributed by atoms with Gasteiger partial charge in [0, 0.05) is 45.0 Å². The van der Waals surface area contributed by atoms with Gasteiger partial charge in [0.05, 0.1) is 38.8 Å². The van der Waals surface area contributed by atoms with Gasteiger partial charge in [-0.3, -0.25) is 0 Å². The van der Waals surface area contributed by atoms with E-state index in [1.807, 2.05) is 63.5 Å². The van der Waals surface area contributed by atoms with Crippen molar-refractivity contribution in [2.75, 3.05) is 9.80 Å². The second kappa shape index (κ2) is 25.1. The first-order chi connectivity index (χ1) is 55.2. The Kier molecular flexibility index (Phi) is 11.9. The zero-order valence-corrected chi connectivity index (χ0v) is 61.0. The number of nitrogens with zero attached hydrogens (tertiary/aromatic N) is 2. The Balaban J connectivity index is 1.31. The van der Waals surface area contributed by atoms with E-state index in [9.17, 15) is 21.9 Å². The first-order valence-electron chi connectivity index (χ1n) is 45.2. The molecule has 1 aliphatic carbocycles. The largest absolute Gasteiger partial charge is 0.310 e. The summed E-state index contributed by atoms with van der Waals surface area (Å²) in [5, 5.41) is 0. The molecule has 0 radical (unpaired) electrons. The van der Waals surface area contributed by atoms with Gasteiger partial charge in [0.25, 0.3) is 6.71 Å². The van der Waals surface area contributed by atoms with Gasteiger partial charge in [0.2, 0.25) is 0 Å². The summed E-state index contributed by atoms with van der Waals surface area (Å²) in [5.41, 5.74) is 9.78. The molecule has 3 aliphatic rings. The highest BCUT2D eigenvalue weighted by Crippen LogP contribution is 2.56. The van der Waals surface area contributed by atoms with E-state index < -0.39 is 138 Å². The molecule has 0 amide bonds. The van der Waals surface area contributed by atoms with Crippen molar-refractivity contribution >= 4 is 57.2 Å². The van der Waals surface area contributed by atoms with Gasteiger partial charge >= 0.3 is 0 Å². The van der Waals surface area contributed by atoms with Crippen LogP contribution in [0.5, 0.6) is 0 Å². The Labute approximate surface area is 622 Å². The van der Waals surface area contributed by atoms with Gasteiger partial charge in [-0.15, -0.1) is 0 Å². The van der Waals surface area contributed by atoms with E-state index in [4.69, 9.17) is 5.48 Å². The van der Waals surface area contributed by atoms with E-state index in [0.717, 1.165) is 69.3 Å². The SMILES string of the molecule is [2H]c1c([2H])c([2H])c(-c2cc(C(C)(C)C)cc(-c3c([2H])c([2H])c([2H])c([2H])c3[2H])c2N2c3ccc(-c4cc(C(C)(C)C)cc(C(C)(C)C)c4)cc3B3c4cc(-c5cc(C(C)(C)C)cc(C(C)(C)C)c5)ccc4N(c4c(-c5c([2H])c([2H])c([2H])c([2H])c5[2H])cc(C(C)(C)C)cc4-c4c([2H])c([2H])c([2H])c([2H])c4[2H])c4cc(C5CCCCC5)cc2c43)c([2H])c1[2H]. The molecule has 0 atom stereocenters. The Morgan fingerprint density at radius 2 is 0.576 bits per heavy atom. The molecule has 0 unspecified atom stereocenters. The standard InChI is InChI=1S/C96H103BN2/c1-91(2,3)72-48-69(49-73(56-72)92(4,5)6)67-44-46-84-82(52-67)97-83-53-68(70-50-74(93(7,8)9)57-75(51-70)94(10,11)12)45-47-85(83)99(90-80(65-40-30-22-31-41-65)60-77(96(16,17)18)61-81(90)66-42-32-23-33-43-66)87-55-71(62-34-24-19-25-35-62)54-86(88(87)97)98(84)89-78(63-36-26-20-27-37-63)58-76(95(13,14)15)59-79(89)64-38-28-21-29-39-64/h20-23,26-33,36-62H,19,24-25,34-35H2,1-18H3/i20D,21D,22D,23D,26D,27D,28D,29D,30D,31D,32D,33D,36D,37D,38D,39D,40D,41D,42D,43D. The Hall–Kier alpha value is -8.92. The molecule has 0 saturated heterocycles. The van der Waals surface area contributed by atoms with Crippen molar-refractivity contribution in [3.05, 3.63) is 269 Å². The average molecular weight is 1320 g/mol. The Bertz CT molecular complexity index is 5410. The predicted octanol–water partition coefficient (Wildman–Crippen LogP) is 25.6. The second-order valence-corrected chi connectivity index (χ2v) is 33.9. The summed E-state index contributed by atoms with van der Waals surface area (Å²) < 4.78 is 194. The molecule has 3 heteroatoms. The topological polar surface area (TPSA) is 6.48 Å². The highest BCUT2D eigenvalue weighted by Gasteiger charge is 2.47. The van der Waals surface area contributed by atoms with E-state index in [1.165, 1.54) is 0 Å². The van der Waals surface area contributed by atoms with Gasteiger partial charge in [-0.1, -0.05) is 325 Å². The normalized spacial score (nSPS) is 17.3. The molecule has 2 aliphatic heterocycles. The van der Waals surface area contributed by atoms with Crippen LogP contribution in [0.3, 0.4) is 0 Å². The fourth-order valence-corrected chi connectivity index (χ4v) is 14.8. The zero-order chi connectivity index (χ0) is 87.3. The lowest BCUT2D eigenvalue weighted by Crippen LogP contribution is -2.61.